The fourth-order valence-corrected chi connectivity index (χ4v) is 2.07. The molecule has 2 rings (SSSR count). The van der Waals surface area contributed by atoms with Gasteiger partial charge in [-0.05, 0) is 25.1 Å². The summed E-state index contributed by atoms with van der Waals surface area (Å²) in [5.74, 6) is -0.447. The van der Waals surface area contributed by atoms with Gasteiger partial charge < -0.3 is 10.6 Å². The zero-order chi connectivity index (χ0) is 13.0. The summed E-state index contributed by atoms with van der Waals surface area (Å²) in [6.07, 6.45) is 0. The van der Waals surface area contributed by atoms with Crippen LogP contribution >= 0.6 is 12.4 Å². The second-order valence-electron chi connectivity index (χ2n) is 4.58. The molecule has 1 unspecified atom stereocenters. The molecule has 0 aliphatic carbocycles. The highest BCUT2D eigenvalue weighted by Gasteiger charge is 2.20. The van der Waals surface area contributed by atoms with Crippen LogP contribution in [0, 0.1) is 5.82 Å². The molecule has 0 radical (unpaired) electrons. The Kier molecular flexibility index (Phi) is 6.21. The summed E-state index contributed by atoms with van der Waals surface area (Å²) in [7, 11) is 0. The molecule has 1 aromatic rings. The Hall–Kier alpha value is -1.17. The number of piperazine rings is 1. The smallest absolute Gasteiger partial charge is 0.238 e. The van der Waals surface area contributed by atoms with Crippen molar-refractivity contribution in [2.75, 3.05) is 31.5 Å². The van der Waals surface area contributed by atoms with E-state index >= 15 is 0 Å². The summed E-state index contributed by atoms with van der Waals surface area (Å²) in [6, 6.07) is 6.28. The number of nitrogens with one attached hydrogen (secondary N) is 2. The highest BCUT2D eigenvalue weighted by Crippen LogP contribution is 2.09. The molecule has 0 spiro atoms. The van der Waals surface area contributed by atoms with Gasteiger partial charge in [0.05, 0.1) is 6.54 Å². The lowest BCUT2D eigenvalue weighted by molar-refractivity contribution is -0.118. The lowest BCUT2D eigenvalue weighted by Gasteiger charge is -2.33. The second-order valence-corrected chi connectivity index (χ2v) is 4.58. The second kappa shape index (κ2) is 7.43. The molecule has 1 heterocycles. The molecule has 1 saturated heterocycles. The number of nitrogens with zero attached hydrogens (tertiary/aromatic N) is 1. The number of hydrogen-bond donors (Lipinski definition) is 2. The Morgan fingerprint density at radius 3 is 3.05 bits per heavy atom. The quantitative estimate of drug-likeness (QED) is 0.885. The predicted octanol–water partition coefficient (Wildman–Crippen LogP) is 1.48. The van der Waals surface area contributed by atoms with Crippen LogP contribution in [0.25, 0.3) is 0 Å². The third kappa shape index (κ3) is 4.78. The molecule has 0 aromatic heterocycles. The standard InChI is InChI=1S/C13H18FN3O.ClH/c1-10-8-15-5-6-17(10)9-13(18)16-12-4-2-3-11(14)7-12;/h2-4,7,10,15H,5-6,8-9H2,1H3,(H,16,18);1H. The van der Waals surface area contributed by atoms with Crippen molar-refractivity contribution in [3.05, 3.63) is 30.1 Å². The highest BCUT2D eigenvalue weighted by atomic mass is 35.5. The molecule has 19 heavy (non-hydrogen) atoms. The zero-order valence-electron chi connectivity index (χ0n) is 10.9. The first-order valence-electron chi connectivity index (χ1n) is 6.15. The van der Waals surface area contributed by atoms with E-state index in [-0.39, 0.29) is 24.1 Å². The monoisotopic (exact) mass is 287 g/mol. The van der Waals surface area contributed by atoms with E-state index < -0.39 is 0 Å². The highest BCUT2D eigenvalue weighted by molar-refractivity contribution is 5.92. The molecule has 4 nitrogen and oxygen atoms in total. The lowest BCUT2D eigenvalue weighted by atomic mass is 10.2. The van der Waals surface area contributed by atoms with Gasteiger partial charge in [-0.15, -0.1) is 12.4 Å². The largest absolute Gasteiger partial charge is 0.325 e. The molecule has 2 N–H and O–H groups in total. The van der Waals surface area contributed by atoms with Gasteiger partial charge in [-0.25, -0.2) is 4.39 Å². The Bertz CT molecular complexity index is 430. The minimum absolute atomic E-state index is 0. The molecular formula is C13H19ClFN3O. The lowest BCUT2D eigenvalue weighted by Crippen LogP contribution is -2.51. The molecule has 1 aromatic carbocycles. The van der Waals surface area contributed by atoms with Gasteiger partial charge in [0.25, 0.3) is 0 Å². The van der Waals surface area contributed by atoms with Crippen LogP contribution < -0.4 is 10.6 Å². The van der Waals surface area contributed by atoms with Gasteiger partial charge in [0.15, 0.2) is 0 Å². The van der Waals surface area contributed by atoms with Crippen molar-refractivity contribution in [3.63, 3.8) is 0 Å². The van der Waals surface area contributed by atoms with Crippen LogP contribution in [0.5, 0.6) is 0 Å². The van der Waals surface area contributed by atoms with Crippen molar-refractivity contribution < 1.29 is 9.18 Å². The van der Waals surface area contributed by atoms with Gasteiger partial charge in [0.2, 0.25) is 5.91 Å². The molecule has 6 heteroatoms. The molecular weight excluding hydrogens is 269 g/mol. The maximum atomic E-state index is 13.0. The molecule has 0 saturated carbocycles. The molecule has 1 atom stereocenters. The van der Waals surface area contributed by atoms with E-state index in [9.17, 15) is 9.18 Å². The van der Waals surface area contributed by atoms with Crippen molar-refractivity contribution in [3.8, 4) is 0 Å². The summed E-state index contributed by atoms with van der Waals surface area (Å²) in [6.45, 7) is 5.09. The summed E-state index contributed by atoms with van der Waals surface area (Å²) in [5.41, 5.74) is 0.503. The van der Waals surface area contributed by atoms with E-state index in [4.69, 9.17) is 0 Å². The maximum absolute atomic E-state index is 13.0. The summed E-state index contributed by atoms with van der Waals surface area (Å²) >= 11 is 0. The van der Waals surface area contributed by atoms with Crippen molar-refractivity contribution in [2.24, 2.45) is 0 Å². The van der Waals surface area contributed by atoms with Gasteiger partial charge in [-0.1, -0.05) is 6.07 Å². The Morgan fingerprint density at radius 1 is 1.58 bits per heavy atom. The molecule has 106 valence electrons. The van der Waals surface area contributed by atoms with Crippen LogP contribution in [0.3, 0.4) is 0 Å². The number of carbonyl (C=O) groups is 1. The fourth-order valence-electron chi connectivity index (χ4n) is 2.07. The van der Waals surface area contributed by atoms with Gasteiger partial charge >= 0.3 is 0 Å². The van der Waals surface area contributed by atoms with Crippen molar-refractivity contribution >= 4 is 24.0 Å². The molecule has 1 fully saturated rings. The van der Waals surface area contributed by atoms with E-state index in [0.29, 0.717) is 18.3 Å². The zero-order valence-corrected chi connectivity index (χ0v) is 11.7. The van der Waals surface area contributed by atoms with E-state index in [1.165, 1.54) is 12.1 Å². The van der Waals surface area contributed by atoms with E-state index in [0.717, 1.165) is 19.6 Å². The first kappa shape index (κ1) is 15.9. The minimum Gasteiger partial charge on any atom is -0.325 e. The normalized spacial score (nSPS) is 19.6. The number of hydrogen-bond acceptors (Lipinski definition) is 3. The molecule has 1 amide bonds. The van der Waals surface area contributed by atoms with Gasteiger partial charge in [0.1, 0.15) is 5.82 Å². The topological polar surface area (TPSA) is 44.4 Å². The van der Waals surface area contributed by atoms with Crippen LogP contribution in [0.15, 0.2) is 24.3 Å². The number of halogens is 2. The van der Waals surface area contributed by atoms with Crippen molar-refractivity contribution in [1.29, 1.82) is 0 Å². The summed E-state index contributed by atoms with van der Waals surface area (Å²) in [5, 5.41) is 5.98. The first-order valence-corrected chi connectivity index (χ1v) is 6.15. The molecule has 0 bridgehead atoms. The number of anilines is 1. The summed E-state index contributed by atoms with van der Waals surface area (Å²) < 4.78 is 13.0. The number of rotatable bonds is 3. The van der Waals surface area contributed by atoms with Crippen LogP contribution in [0.1, 0.15) is 6.92 Å². The number of carbonyl (C=O) groups excluding carboxylic acids is 1. The number of amides is 1. The van der Waals surface area contributed by atoms with Gasteiger partial charge in [0, 0.05) is 31.4 Å². The Labute approximate surface area is 118 Å². The Morgan fingerprint density at radius 2 is 2.37 bits per heavy atom. The third-order valence-electron chi connectivity index (χ3n) is 3.09. The SMILES string of the molecule is CC1CNCCN1CC(=O)Nc1cccc(F)c1.Cl. The van der Waals surface area contributed by atoms with E-state index in [1.54, 1.807) is 12.1 Å². The summed E-state index contributed by atoms with van der Waals surface area (Å²) in [4.78, 5) is 14.0. The van der Waals surface area contributed by atoms with Crippen LogP contribution in [0.4, 0.5) is 10.1 Å². The van der Waals surface area contributed by atoms with Crippen LogP contribution in [-0.2, 0) is 4.79 Å². The van der Waals surface area contributed by atoms with Crippen LogP contribution in [-0.4, -0.2) is 43.0 Å². The molecule has 1 aliphatic heterocycles. The third-order valence-corrected chi connectivity index (χ3v) is 3.09. The predicted molar refractivity (Wildman–Crippen MR) is 76.2 cm³/mol. The average Bonchev–Trinajstić information content (AvgIpc) is 2.32. The molecule has 1 aliphatic rings. The van der Waals surface area contributed by atoms with Gasteiger partial charge in [-0.2, -0.15) is 0 Å². The average molecular weight is 288 g/mol. The van der Waals surface area contributed by atoms with Crippen molar-refractivity contribution in [1.82, 2.24) is 10.2 Å². The number of benzene rings is 1. The van der Waals surface area contributed by atoms with Crippen LogP contribution in [0.2, 0.25) is 0 Å². The van der Waals surface area contributed by atoms with Gasteiger partial charge in [-0.3, -0.25) is 9.69 Å². The van der Waals surface area contributed by atoms with E-state index in [2.05, 4.69) is 22.5 Å². The fraction of sp³-hybridized carbons (Fsp3) is 0.462. The van der Waals surface area contributed by atoms with E-state index in [1.807, 2.05) is 0 Å². The Balaban J connectivity index is 0.00000180. The first-order chi connectivity index (χ1) is 8.65. The van der Waals surface area contributed by atoms with Crippen molar-refractivity contribution in [2.45, 2.75) is 13.0 Å². The minimum atomic E-state index is -0.344. The maximum Gasteiger partial charge on any atom is 0.238 e.